The molecule has 9 heteroatoms. The Balaban J connectivity index is 1.37. The van der Waals surface area contributed by atoms with Crippen molar-refractivity contribution in [1.29, 1.82) is 0 Å². The average molecular weight is 481 g/mol. The third-order valence-corrected chi connectivity index (χ3v) is 6.50. The van der Waals surface area contributed by atoms with Crippen LogP contribution in [-0.2, 0) is 9.53 Å². The van der Waals surface area contributed by atoms with Gasteiger partial charge in [-0.15, -0.1) is 0 Å². The number of morpholine rings is 1. The van der Waals surface area contributed by atoms with Gasteiger partial charge in [-0.2, -0.15) is 4.98 Å². The summed E-state index contributed by atoms with van der Waals surface area (Å²) in [5, 5.41) is 9.67. The van der Waals surface area contributed by atoms with Gasteiger partial charge >= 0.3 is 0 Å². The van der Waals surface area contributed by atoms with Crippen LogP contribution in [0.4, 0.5) is 17.5 Å². The van der Waals surface area contributed by atoms with Crippen LogP contribution in [-0.4, -0.2) is 66.1 Å². The zero-order valence-corrected chi connectivity index (χ0v) is 20.7. The molecule has 1 unspecified atom stereocenters. The van der Waals surface area contributed by atoms with E-state index < -0.39 is 0 Å². The molecule has 1 aromatic carbocycles. The number of amides is 2. The summed E-state index contributed by atoms with van der Waals surface area (Å²) in [5.74, 6) is 1.98. The predicted octanol–water partition coefficient (Wildman–Crippen LogP) is 3.53. The lowest BCUT2D eigenvalue weighted by Gasteiger charge is -2.27. The maximum absolute atomic E-state index is 12.8. The van der Waals surface area contributed by atoms with Crippen LogP contribution in [0, 0.1) is 5.92 Å². The fourth-order valence-electron chi connectivity index (χ4n) is 3.96. The molecule has 1 saturated carbocycles. The molecule has 2 fully saturated rings. The lowest BCUT2D eigenvalue weighted by molar-refractivity contribution is -0.124. The van der Waals surface area contributed by atoms with Gasteiger partial charge < -0.3 is 25.6 Å². The second kappa shape index (κ2) is 12.0. The highest BCUT2D eigenvalue weighted by atomic mass is 16.5. The number of rotatable bonds is 11. The first-order valence-corrected chi connectivity index (χ1v) is 12.7. The first kappa shape index (κ1) is 24.9. The molecule has 35 heavy (non-hydrogen) atoms. The molecule has 1 atom stereocenters. The number of benzene rings is 1. The molecule has 0 radical (unpaired) electrons. The highest BCUT2D eigenvalue weighted by Crippen LogP contribution is 2.42. The molecule has 1 aromatic heterocycles. The van der Waals surface area contributed by atoms with Crippen LogP contribution in [0.25, 0.3) is 0 Å². The van der Waals surface area contributed by atoms with Crippen molar-refractivity contribution in [3.63, 3.8) is 0 Å². The summed E-state index contributed by atoms with van der Waals surface area (Å²) in [6.07, 6.45) is 5.85. The summed E-state index contributed by atoms with van der Waals surface area (Å²) >= 11 is 0. The molecule has 2 aromatic rings. The minimum absolute atomic E-state index is 0.00438. The smallest absolute Gasteiger partial charge is 0.254 e. The van der Waals surface area contributed by atoms with Crippen LogP contribution >= 0.6 is 0 Å². The molecule has 0 spiro atoms. The number of carbonyl (C=O) groups excluding carboxylic acids is 2. The van der Waals surface area contributed by atoms with Crippen LogP contribution in [0.2, 0.25) is 0 Å². The van der Waals surface area contributed by atoms with E-state index in [0.29, 0.717) is 56.8 Å². The zero-order chi connectivity index (χ0) is 24.6. The third-order valence-electron chi connectivity index (χ3n) is 6.50. The molecule has 2 aliphatic rings. The van der Waals surface area contributed by atoms with E-state index in [9.17, 15) is 9.59 Å². The van der Waals surface area contributed by atoms with E-state index >= 15 is 0 Å². The van der Waals surface area contributed by atoms with E-state index in [1.165, 1.54) is 0 Å². The molecule has 1 aliphatic carbocycles. The van der Waals surface area contributed by atoms with Gasteiger partial charge in [-0.3, -0.25) is 9.59 Å². The highest BCUT2D eigenvalue weighted by Gasteiger charge is 2.27. The Labute approximate surface area is 207 Å². The minimum Gasteiger partial charge on any atom is -0.378 e. The second-order valence-corrected chi connectivity index (χ2v) is 9.26. The summed E-state index contributed by atoms with van der Waals surface area (Å²) in [6, 6.07) is 7.43. The van der Waals surface area contributed by atoms with E-state index in [-0.39, 0.29) is 17.7 Å². The number of anilines is 3. The molecule has 1 saturated heterocycles. The van der Waals surface area contributed by atoms with Crippen molar-refractivity contribution in [2.24, 2.45) is 5.92 Å². The van der Waals surface area contributed by atoms with Gasteiger partial charge in [0.05, 0.1) is 13.2 Å². The van der Waals surface area contributed by atoms with Gasteiger partial charge in [0.1, 0.15) is 5.82 Å². The number of hydrogen-bond acceptors (Lipinski definition) is 7. The van der Waals surface area contributed by atoms with Gasteiger partial charge in [-0.1, -0.05) is 19.9 Å². The SMILES string of the molecule is CCC(C)C(=O)NCCCNc1nc(Nc2cccc(C(=O)N3CCOCC3)c2)ncc1C1CC1. The molecule has 0 bridgehead atoms. The van der Waals surface area contributed by atoms with Crippen molar-refractivity contribution in [1.82, 2.24) is 20.2 Å². The topological polar surface area (TPSA) is 108 Å². The summed E-state index contributed by atoms with van der Waals surface area (Å²) in [7, 11) is 0. The fraction of sp³-hybridized carbons (Fsp3) is 0.538. The van der Waals surface area contributed by atoms with Gasteiger partial charge in [-0.25, -0.2) is 4.98 Å². The summed E-state index contributed by atoms with van der Waals surface area (Å²) < 4.78 is 5.35. The molecule has 9 nitrogen and oxygen atoms in total. The van der Waals surface area contributed by atoms with Gasteiger partial charge in [0.25, 0.3) is 5.91 Å². The first-order chi connectivity index (χ1) is 17.0. The van der Waals surface area contributed by atoms with E-state index in [1.54, 1.807) is 0 Å². The minimum atomic E-state index is 0.00438. The second-order valence-electron chi connectivity index (χ2n) is 9.26. The molecular formula is C26H36N6O3. The maximum Gasteiger partial charge on any atom is 0.254 e. The number of aromatic nitrogens is 2. The van der Waals surface area contributed by atoms with Crippen molar-refractivity contribution in [3.05, 3.63) is 41.6 Å². The molecule has 3 N–H and O–H groups in total. The number of nitrogens with one attached hydrogen (secondary N) is 3. The predicted molar refractivity (Wildman–Crippen MR) is 136 cm³/mol. The molecule has 1 aliphatic heterocycles. The zero-order valence-electron chi connectivity index (χ0n) is 20.7. The Morgan fingerprint density at radius 2 is 2.00 bits per heavy atom. The molecular weight excluding hydrogens is 444 g/mol. The standard InChI is InChI=1S/C26H36N6O3/c1-3-18(2)24(33)28-11-5-10-27-23-22(19-8-9-19)17-29-26(31-23)30-21-7-4-6-20(16-21)25(34)32-12-14-35-15-13-32/h4,6-7,16-19H,3,5,8-15H2,1-2H3,(H,28,33)(H2,27,29,30,31). The summed E-state index contributed by atoms with van der Waals surface area (Å²) in [5.41, 5.74) is 2.53. The number of carbonyl (C=O) groups is 2. The fourth-order valence-corrected chi connectivity index (χ4v) is 3.96. The first-order valence-electron chi connectivity index (χ1n) is 12.7. The van der Waals surface area contributed by atoms with Gasteiger partial charge in [-0.05, 0) is 49.8 Å². The maximum atomic E-state index is 12.8. The van der Waals surface area contributed by atoms with Crippen LogP contribution in [0.5, 0.6) is 0 Å². The average Bonchev–Trinajstić information content (AvgIpc) is 3.73. The quantitative estimate of drug-likeness (QED) is 0.422. The largest absolute Gasteiger partial charge is 0.378 e. The number of nitrogens with zero attached hydrogens (tertiary/aromatic N) is 3. The van der Waals surface area contributed by atoms with Crippen molar-refractivity contribution >= 4 is 29.3 Å². The Morgan fingerprint density at radius 1 is 1.20 bits per heavy atom. The van der Waals surface area contributed by atoms with E-state index in [0.717, 1.165) is 42.8 Å². The Morgan fingerprint density at radius 3 is 2.74 bits per heavy atom. The Kier molecular flexibility index (Phi) is 8.52. The van der Waals surface area contributed by atoms with Crippen LogP contribution < -0.4 is 16.0 Å². The van der Waals surface area contributed by atoms with Crippen molar-refractivity contribution < 1.29 is 14.3 Å². The van der Waals surface area contributed by atoms with E-state index in [1.807, 2.05) is 49.2 Å². The third kappa shape index (κ3) is 6.91. The van der Waals surface area contributed by atoms with E-state index in [4.69, 9.17) is 9.72 Å². The van der Waals surface area contributed by atoms with Gasteiger partial charge in [0, 0.05) is 55.1 Å². The summed E-state index contributed by atoms with van der Waals surface area (Å²) in [4.78, 5) is 35.8. The van der Waals surface area contributed by atoms with Crippen molar-refractivity contribution in [2.45, 2.75) is 45.4 Å². The monoisotopic (exact) mass is 480 g/mol. The van der Waals surface area contributed by atoms with Crippen molar-refractivity contribution in [3.8, 4) is 0 Å². The lowest BCUT2D eigenvalue weighted by Crippen LogP contribution is -2.40. The Hall–Kier alpha value is -3.20. The highest BCUT2D eigenvalue weighted by molar-refractivity contribution is 5.95. The normalized spacial score (nSPS) is 16.5. The summed E-state index contributed by atoms with van der Waals surface area (Å²) in [6.45, 7) is 7.67. The van der Waals surface area contributed by atoms with Crippen LogP contribution in [0.3, 0.4) is 0 Å². The molecule has 4 rings (SSSR count). The number of ether oxygens (including phenoxy) is 1. The van der Waals surface area contributed by atoms with Crippen LogP contribution in [0.1, 0.15) is 61.4 Å². The van der Waals surface area contributed by atoms with Gasteiger partial charge in [0.2, 0.25) is 11.9 Å². The molecule has 2 heterocycles. The van der Waals surface area contributed by atoms with E-state index in [2.05, 4.69) is 20.9 Å². The van der Waals surface area contributed by atoms with Crippen LogP contribution in [0.15, 0.2) is 30.5 Å². The van der Waals surface area contributed by atoms with Gasteiger partial charge in [0.15, 0.2) is 0 Å². The molecule has 2 amide bonds. The van der Waals surface area contributed by atoms with Crippen molar-refractivity contribution in [2.75, 3.05) is 50.0 Å². The Bertz CT molecular complexity index is 1020. The number of hydrogen-bond donors (Lipinski definition) is 3. The lowest BCUT2D eigenvalue weighted by atomic mass is 10.1. The molecule has 188 valence electrons.